The number of ether oxygens (including phenoxy) is 1. The van der Waals surface area contributed by atoms with Crippen molar-refractivity contribution in [3.63, 3.8) is 0 Å². The molecule has 0 amide bonds. The molecule has 0 heterocycles. The van der Waals surface area contributed by atoms with Gasteiger partial charge in [-0.1, -0.05) is 6.92 Å². The van der Waals surface area contributed by atoms with E-state index in [-0.39, 0.29) is 5.75 Å². The Bertz CT molecular complexity index is 587. The number of sulfonamides is 1. The minimum Gasteiger partial charge on any atom is -0.465 e. The predicted molar refractivity (Wildman–Crippen MR) is 65.4 cm³/mol. The minimum absolute atomic E-state index is 0.211. The monoisotopic (exact) mass is 293 g/mol. The zero-order valence-electron chi connectivity index (χ0n) is 10.4. The third-order valence-corrected chi connectivity index (χ3v) is 3.68. The molecule has 0 aliphatic rings. The fourth-order valence-electron chi connectivity index (χ4n) is 1.38. The number of hydrogen-bond acceptors (Lipinski definition) is 4. The maximum absolute atomic E-state index is 13.4. The van der Waals surface area contributed by atoms with Gasteiger partial charge in [-0.3, -0.25) is 4.72 Å². The van der Waals surface area contributed by atoms with E-state index in [0.29, 0.717) is 12.5 Å². The fourth-order valence-corrected chi connectivity index (χ4v) is 2.51. The van der Waals surface area contributed by atoms with E-state index < -0.39 is 38.9 Å². The molecule has 5 nitrogen and oxygen atoms in total. The molecule has 1 N–H and O–H groups in total. The van der Waals surface area contributed by atoms with Gasteiger partial charge in [0.15, 0.2) is 0 Å². The number of benzene rings is 1. The molecular formula is C11H13F2NO4S. The summed E-state index contributed by atoms with van der Waals surface area (Å²) in [6.07, 6.45) is 0.335. The van der Waals surface area contributed by atoms with Crippen LogP contribution >= 0.6 is 0 Å². The first kappa shape index (κ1) is 15.4. The van der Waals surface area contributed by atoms with E-state index in [0.717, 1.165) is 13.2 Å². The van der Waals surface area contributed by atoms with E-state index >= 15 is 0 Å². The summed E-state index contributed by atoms with van der Waals surface area (Å²) in [5.41, 5.74) is -1.03. The van der Waals surface area contributed by atoms with Crippen LogP contribution in [-0.2, 0) is 14.8 Å². The summed E-state index contributed by atoms with van der Waals surface area (Å²) >= 11 is 0. The molecule has 0 aliphatic heterocycles. The van der Waals surface area contributed by atoms with Crippen molar-refractivity contribution in [2.24, 2.45) is 0 Å². The van der Waals surface area contributed by atoms with E-state index in [1.807, 2.05) is 4.72 Å². The number of anilines is 1. The molecule has 1 aromatic carbocycles. The number of rotatable bonds is 5. The molecule has 0 bridgehead atoms. The summed E-state index contributed by atoms with van der Waals surface area (Å²) < 4.78 is 56.0. The summed E-state index contributed by atoms with van der Waals surface area (Å²) in [5, 5.41) is 0. The topological polar surface area (TPSA) is 72.5 Å². The van der Waals surface area contributed by atoms with Gasteiger partial charge in [0.25, 0.3) is 0 Å². The molecule has 0 saturated heterocycles. The van der Waals surface area contributed by atoms with Crippen molar-refractivity contribution in [2.75, 3.05) is 17.6 Å². The van der Waals surface area contributed by atoms with E-state index in [4.69, 9.17) is 0 Å². The molecule has 19 heavy (non-hydrogen) atoms. The molecule has 0 aromatic heterocycles. The van der Waals surface area contributed by atoms with Gasteiger partial charge in [0.1, 0.15) is 11.6 Å². The fraction of sp³-hybridized carbons (Fsp3) is 0.364. The number of carbonyl (C=O) groups is 1. The summed E-state index contributed by atoms with van der Waals surface area (Å²) in [4.78, 5) is 11.2. The molecule has 1 rings (SSSR count). The van der Waals surface area contributed by atoms with Gasteiger partial charge in [-0.2, -0.15) is 0 Å². The molecule has 0 saturated carbocycles. The summed E-state index contributed by atoms with van der Waals surface area (Å²) in [5.74, 6) is -3.46. The van der Waals surface area contributed by atoms with Crippen molar-refractivity contribution in [1.82, 2.24) is 0 Å². The van der Waals surface area contributed by atoms with Gasteiger partial charge in [-0.05, 0) is 12.5 Å². The molecule has 0 atom stereocenters. The van der Waals surface area contributed by atoms with Crippen LogP contribution in [0, 0.1) is 11.6 Å². The lowest BCUT2D eigenvalue weighted by atomic mass is 10.2. The normalized spacial score (nSPS) is 11.2. The van der Waals surface area contributed by atoms with Crippen LogP contribution in [0.5, 0.6) is 0 Å². The second-order valence-electron chi connectivity index (χ2n) is 3.72. The number of esters is 1. The number of hydrogen-bond donors (Lipinski definition) is 1. The van der Waals surface area contributed by atoms with Crippen LogP contribution in [0.4, 0.5) is 14.5 Å². The second kappa shape index (κ2) is 5.96. The van der Waals surface area contributed by atoms with Crippen molar-refractivity contribution in [1.29, 1.82) is 0 Å². The molecule has 106 valence electrons. The lowest BCUT2D eigenvalue weighted by molar-refractivity contribution is 0.0595. The van der Waals surface area contributed by atoms with Gasteiger partial charge in [0.05, 0.1) is 24.1 Å². The average Bonchev–Trinajstić information content (AvgIpc) is 2.31. The highest BCUT2D eigenvalue weighted by atomic mass is 32.2. The minimum atomic E-state index is -3.73. The van der Waals surface area contributed by atoms with Gasteiger partial charge in [-0.15, -0.1) is 0 Å². The van der Waals surface area contributed by atoms with Crippen molar-refractivity contribution in [2.45, 2.75) is 13.3 Å². The highest BCUT2D eigenvalue weighted by Crippen LogP contribution is 2.21. The zero-order chi connectivity index (χ0) is 14.6. The van der Waals surface area contributed by atoms with Crippen LogP contribution in [0.1, 0.15) is 23.7 Å². The van der Waals surface area contributed by atoms with Crippen LogP contribution in [0.3, 0.4) is 0 Å². The van der Waals surface area contributed by atoms with Crippen molar-refractivity contribution < 1.29 is 26.7 Å². The van der Waals surface area contributed by atoms with E-state index in [9.17, 15) is 22.0 Å². The Hall–Kier alpha value is -1.70. The molecule has 0 fully saturated rings. The van der Waals surface area contributed by atoms with E-state index in [1.54, 1.807) is 6.92 Å². The number of nitrogens with one attached hydrogen (secondary N) is 1. The Kier molecular flexibility index (Phi) is 4.82. The Morgan fingerprint density at radius 2 is 1.95 bits per heavy atom. The molecular weight excluding hydrogens is 280 g/mol. The molecule has 0 unspecified atom stereocenters. The van der Waals surface area contributed by atoms with Gasteiger partial charge in [-0.25, -0.2) is 22.0 Å². The molecule has 0 aliphatic carbocycles. The standard InChI is InChI=1S/C11H13F2NO4S/c1-3-4-19(16,17)14-10-5-7(11(15)18-2)8(12)6-9(10)13/h5-6,14H,3-4H2,1-2H3. The van der Waals surface area contributed by atoms with E-state index in [2.05, 4.69) is 4.74 Å². The maximum Gasteiger partial charge on any atom is 0.340 e. The van der Waals surface area contributed by atoms with Gasteiger partial charge in [0.2, 0.25) is 10.0 Å². The third kappa shape index (κ3) is 3.88. The third-order valence-electron chi connectivity index (χ3n) is 2.20. The van der Waals surface area contributed by atoms with Crippen LogP contribution < -0.4 is 4.72 Å². The average molecular weight is 293 g/mol. The first-order valence-corrected chi connectivity index (χ1v) is 7.03. The van der Waals surface area contributed by atoms with Crippen molar-refractivity contribution in [3.05, 3.63) is 29.3 Å². The number of carbonyl (C=O) groups excluding carboxylic acids is 1. The van der Waals surface area contributed by atoms with E-state index in [1.165, 1.54) is 0 Å². The first-order chi connectivity index (χ1) is 8.80. The molecule has 0 spiro atoms. The van der Waals surface area contributed by atoms with Crippen LogP contribution in [0.15, 0.2) is 12.1 Å². The smallest absolute Gasteiger partial charge is 0.340 e. The lowest BCUT2D eigenvalue weighted by Crippen LogP contribution is -2.18. The SMILES string of the molecule is CCCS(=O)(=O)Nc1cc(C(=O)OC)c(F)cc1F. The van der Waals surface area contributed by atoms with Crippen molar-refractivity contribution in [3.8, 4) is 0 Å². The Labute approximate surface area is 109 Å². The van der Waals surface area contributed by atoms with Crippen LogP contribution in [-0.4, -0.2) is 27.2 Å². The van der Waals surface area contributed by atoms with Gasteiger partial charge in [0, 0.05) is 6.07 Å². The zero-order valence-corrected chi connectivity index (χ0v) is 11.2. The summed E-state index contributed by atoms with van der Waals surface area (Å²) in [6, 6.07) is 1.19. The molecule has 8 heteroatoms. The Morgan fingerprint density at radius 1 is 1.32 bits per heavy atom. The Balaban J connectivity index is 3.19. The highest BCUT2D eigenvalue weighted by Gasteiger charge is 2.19. The number of methoxy groups -OCH3 is 1. The van der Waals surface area contributed by atoms with Gasteiger partial charge < -0.3 is 4.74 Å². The van der Waals surface area contributed by atoms with Gasteiger partial charge >= 0.3 is 5.97 Å². The predicted octanol–water partition coefficient (Wildman–Crippen LogP) is 1.90. The molecule has 1 aromatic rings. The Morgan fingerprint density at radius 3 is 2.47 bits per heavy atom. The van der Waals surface area contributed by atoms with Crippen molar-refractivity contribution >= 4 is 21.7 Å². The maximum atomic E-state index is 13.4. The van der Waals surface area contributed by atoms with Crippen LogP contribution in [0.2, 0.25) is 0 Å². The highest BCUT2D eigenvalue weighted by molar-refractivity contribution is 7.92. The first-order valence-electron chi connectivity index (χ1n) is 5.38. The lowest BCUT2D eigenvalue weighted by Gasteiger charge is -2.10. The summed E-state index contributed by atoms with van der Waals surface area (Å²) in [7, 11) is -2.70. The molecule has 0 radical (unpaired) electrons. The quantitative estimate of drug-likeness (QED) is 0.842. The van der Waals surface area contributed by atoms with Crippen LogP contribution in [0.25, 0.3) is 0 Å². The largest absolute Gasteiger partial charge is 0.465 e. The summed E-state index contributed by atoms with van der Waals surface area (Å²) in [6.45, 7) is 1.64. The second-order valence-corrected chi connectivity index (χ2v) is 5.57. The number of halogens is 2.